The van der Waals surface area contributed by atoms with E-state index >= 15 is 0 Å². The lowest BCUT2D eigenvalue weighted by molar-refractivity contribution is 0.601. The van der Waals surface area contributed by atoms with Crippen LogP contribution in [0.1, 0.15) is 0 Å². The molecule has 20 heavy (non-hydrogen) atoms. The van der Waals surface area contributed by atoms with Gasteiger partial charge in [-0.2, -0.15) is 0 Å². The van der Waals surface area contributed by atoms with Crippen LogP contribution in [0.15, 0.2) is 44.4 Å². The molecule has 0 spiro atoms. The van der Waals surface area contributed by atoms with E-state index in [1.54, 1.807) is 0 Å². The van der Waals surface area contributed by atoms with E-state index < -0.39 is 10.0 Å². The van der Waals surface area contributed by atoms with Gasteiger partial charge in [-0.1, -0.05) is 39.1 Å². The van der Waals surface area contributed by atoms with Crippen LogP contribution in [0.3, 0.4) is 0 Å². The van der Waals surface area contributed by atoms with Crippen LogP contribution in [0.5, 0.6) is 0 Å². The predicted molar refractivity (Wildman–Crippen MR) is 86.9 cm³/mol. The van der Waals surface area contributed by atoms with Crippen molar-refractivity contribution >= 4 is 70.8 Å². The first-order chi connectivity index (χ1) is 9.31. The normalized spacial score (nSPS) is 11.4. The van der Waals surface area contributed by atoms with E-state index in [9.17, 15) is 8.42 Å². The fourth-order valence-corrected chi connectivity index (χ4v) is 4.94. The average Bonchev–Trinajstić information content (AvgIpc) is 2.30. The molecular weight excluding hydrogens is 455 g/mol. The Morgan fingerprint density at radius 1 is 1.15 bits per heavy atom. The molecule has 106 valence electrons. The van der Waals surface area contributed by atoms with Crippen molar-refractivity contribution in [3.63, 3.8) is 0 Å². The molecular formula is C11H6Br2Cl2N2O2S. The van der Waals surface area contributed by atoms with Crippen LogP contribution in [0.25, 0.3) is 0 Å². The van der Waals surface area contributed by atoms with Gasteiger partial charge in [-0.3, -0.25) is 9.71 Å². The van der Waals surface area contributed by atoms with E-state index in [0.717, 1.165) is 0 Å². The smallest absolute Gasteiger partial charge is 0.264 e. The number of nitrogens with one attached hydrogen (secondary N) is 1. The Kier molecular flexibility index (Phi) is 4.96. The molecule has 2 rings (SSSR count). The molecule has 1 aromatic carbocycles. The van der Waals surface area contributed by atoms with Gasteiger partial charge in [0.1, 0.15) is 4.90 Å². The van der Waals surface area contributed by atoms with Gasteiger partial charge in [0.25, 0.3) is 10.0 Å². The Hall–Kier alpha value is -0.340. The van der Waals surface area contributed by atoms with Gasteiger partial charge >= 0.3 is 0 Å². The summed E-state index contributed by atoms with van der Waals surface area (Å²) < 4.78 is 28.2. The lowest BCUT2D eigenvalue weighted by Gasteiger charge is -2.12. The summed E-state index contributed by atoms with van der Waals surface area (Å²) in [5.41, 5.74) is 0.343. The van der Waals surface area contributed by atoms with Gasteiger partial charge in [-0.05, 0) is 34.1 Å². The number of halogens is 4. The minimum atomic E-state index is -3.91. The van der Waals surface area contributed by atoms with Crippen molar-refractivity contribution in [2.75, 3.05) is 4.72 Å². The van der Waals surface area contributed by atoms with Gasteiger partial charge < -0.3 is 0 Å². The summed E-state index contributed by atoms with van der Waals surface area (Å²) >= 11 is 18.3. The molecule has 0 saturated carbocycles. The minimum Gasteiger partial charge on any atom is -0.278 e. The fraction of sp³-hybridized carbons (Fsp3) is 0. The van der Waals surface area contributed by atoms with Crippen LogP contribution in [0, 0.1) is 0 Å². The van der Waals surface area contributed by atoms with E-state index in [0.29, 0.717) is 14.6 Å². The monoisotopic (exact) mass is 458 g/mol. The largest absolute Gasteiger partial charge is 0.278 e. The topological polar surface area (TPSA) is 59.1 Å². The number of hydrogen-bond acceptors (Lipinski definition) is 3. The highest BCUT2D eigenvalue weighted by atomic mass is 79.9. The quantitative estimate of drug-likeness (QED) is 0.721. The number of anilines is 1. The van der Waals surface area contributed by atoms with Crippen LogP contribution >= 0.6 is 55.1 Å². The molecule has 0 aliphatic heterocycles. The number of hydrogen-bond donors (Lipinski definition) is 1. The Morgan fingerprint density at radius 3 is 2.30 bits per heavy atom. The summed E-state index contributed by atoms with van der Waals surface area (Å²) in [4.78, 5) is 3.68. The Balaban J connectivity index is 2.50. The molecule has 0 atom stereocenters. The summed E-state index contributed by atoms with van der Waals surface area (Å²) in [5, 5.41) is 0.0594. The summed E-state index contributed by atoms with van der Waals surface area (Å²) in [6, 6.07) is 4.44. The number of sulfonamides is 1. The van der Waals surface area contributed by atoms with Crippen molar-refractivity contribution in [2.45, 2.75) is 4.90 Å². The molecule has 1 N–H and O–H groups in total. The highest BCUT2D eigenvalue weighted by Gasteiger charge is 2.23. The van der Waals surface area contributed by atoms with Crippen molar-refractivity contribution in [3.8, 4) is 0 Å². The van der Waals surface area contributed by atoms with Crippen LogP contribution < -0.4 is 4.72 Å². The third kappa shape index (κ3) is 3.46. The summed E-state index contributed by atoms with van der Waals surface area (Å²) in [7, 11) is -3.91. The first kappa shape index (κ1) is 16.0. The lowest BCUT2D eigenvalue weighted by Crippen LogP contribution is -2.14. The minimum absolute atomic E-state index is 0.0297. The molecule has 4 nitrogen and oxygen atoms in total. The SMILES string of the molecule is O=S(=O)(Nc1ccncc1Br)c1c(Cl)cc(Br)cc1Cl. The fourth-order valence-electron chi connectivity index (χ4n) is 1.44. The van der Waals surface area contributed by atoms with Crippen LogP contribution in [-0.2, 0) is 10.0 Å². The molecule has 0 aliphatic rings. The highest BCUT2D eigenvalue weighted by molar-refractivity contribution is 9.10. The van der Waals surface area contributed by atoms with Gasteiger partial charge in [0.15, 0.2) is 0 Å². The van der Waals surface area contributed by atoms with E-state index in [2.05, 4.69) is 41.6 Å². The molecule has 1 heterocycles. The third-order valence-electron chi connectivity index (χ3n) is 2.25. The lowest BCUT2D eigenvalue weighted by atomic mass is 10.4. The van der Waals surface area contributed by atoms with Crippen molar-refractivity contribution in [2.24, 2.45) is 0 Å². The zero-order chi connectivity index (χ0) is 14.9. The molecule has 2 aromatic rings. The summed E-state index contributed by atoms with van der Waals surface area (Å²) in [6.07, 6.45) is 2.94. The molecule has 0 bridgehead atoms. The van der Waals surface area contributed by atoms with Gasteiger partial charge in [-0.25, -0.2) is 8.42 Å². The van der Waals surface area contributed by atoms with E-state index in [1.165, 1.54) is 30.6 Å². The third-order valence-corrected chi connectivity index (χ3v) is 5.62. The average molecular weight is 461 g/mol. The van der Waals surface area contributed by atoms with E-state index in [1.807, 2.05) is 0 Å². The van der Waals surface area contributed by atoms with Gasteiger partial charge in [0.05, 0.1) is 20.2 Å². The molecule has 0 saturated heterocycles. The predicted octanol–water partition coefficient (Wildman–Crippen LogP) is 4.71. The molecule has 0 aliphatic carbocycles. The van der Waals surface area contributed by atoms with Crippen molar-refractivity contribution in [1.82, 2.24) is 4.98 Å². The standard InChI is InChI=1S/C11H6Br2Cl2N2O2S/c12-6-3-8(14)11(9(15)4-6)20(18,19)17-10-1-2-16-5-7(10)13/h1-5H,(H,16,17). The maximum absolute atomic E-state index is 12.4. The number of rotatable bonds is 3. The highest BCUT2D eigenvalue weighted by Crippen LogP contribution is 2.34. The number of aromatic nitrogens is 1. The van der Waals surface area contributed by atoms with Crippen molar-refractivity contribution in [3.05, 3.63) is 49.6 Å². The molecule has 0 amide bonds. The molecule has 0 unspecified atom stereocenters. The van der Waals surface area contributed by atoms with Gasteiger partial charge in [0.2, 0.25) is 0 Å². The van der Waals surface area contributed by atoms with Crippen LogP contribution in [0.4, 0.5) is 5.69 Å². The molecule has 0 fully saturated rings. The van der Waals surface area contributed by atoms with Gasteiger partial charge in [-0.15, -0.1) is 0 Å². The first-order valence-corrected chi connectivity index (χ1v) is 8.90. The molecule has 9 heteroatoms. The van der Waals surface area contributed by atoms with Crippen LogP contribution in [0.2, 0.25) is 10.0 Å². The van der Waals surface area contributed by atoms with Crippen molar-refractivity contribution in [1.29, 1.82) is 0 Å². The maximum Gasteiger partial charge on any atom is 0.264 e. The second-order valence-corrected chi connectivity index (χ2v) is 7.86. The second-order valence-electron chi connectivity index (χ2n) is 3.66. The number of pyridine rings is 1. The summed E-state index contributed by atoms with van der Waals surface area (Å²) in [6.45, 7) is 0. The van der Waals surface area contributed by atoms with Gasteiger partial charge in [0, 0.05) is 16.9 Å². The number of benzene rings is 1. The second kappa shape index (κ2) is 6.19. The Bertz CT molecular complexity index is 746. The van der Waals surface area contributed by atoms with Crippen molar-refractivity contribution < 1.29 is 8.42 Å². The number of nitrogens with zero attached hydrogens (tertiary/aromatic N) is 1. The molecule has 1 aromatic heterocycles. The zero-order valence-corrected chi connectivity index (χ0v) is 15.1. The Morgan fingerprint density at radius 2 is 1.75 bits per heavy atom. The van der Waals surface area contributed by atoms with Crippen LogP contribution in [-0.4, -0.2) is 13.4 Å². The first-order valence-electron chi connectivity index (χ1n) is 5.08. The maximum atomic E-state index is 12.4. The zero-order valence-electron chi connectivity index (χ0n) is 9.57. The summed E-state index contributed by atoms with van der Waals surface area (Å²) in [5.74, 6) is 0. The van der Waals surface area contributed by atoms with E-state index in [-0.39, 0.29) is 14.9 Å². The molecule has 0 radical (unpaired) electrons. The Labute approximate surface area is 142 Å². The van der Waals surface area contributed by atoms with E-state index in [4.69, 9.17) is 23.2 Å².